The van der Waals surface area contributed by atoms with E-state index in [9.17, 15) is 4.79 Å². The summed E-state index contributed by atoms with van der Waals surface area (Å²) in [6.45, 7) is 4.47. The Morgan fingerprint density at radius 1 is 1.47 bits per heavy atom. The average Bonchev–Trinajstić information content (AvgIpc) is 2.94. The first kappa shape index (κ1) is 14.4. The first-order valence-electron chi connectivity index (χ1n) is 6.95. The number of nitrogens with zero attached hydrogens (tertiary/aromatic N) is 1. The van der Waals surface area contributed by atoms with Crippen LogP contribution in [0.15, 0.2) is 35.2 Å². The third-order valence-electron chi connectivity index (χ3n) is 3.60. The summed E-state index contributed by atoms with van der Waals surface area (Å²) in [7, 11) is 0. The van der Waals surface area contributed by atoms with E-state index in [2.05, 4.69) is 19.1 Å². The molecule has 2 N–H and O–H groups in total. The fourth-order valence-corrected chi connectivity index (χ4v) is 3.46. The SMILES string of the molecule is CCC(Sc1ccccc1)C(=O)N1CCC(CN)C1. The number of amides is 1. The van der Waals surface area contributed by atoms with Crippen molar-refractivity contribution in [2.75, 3.05) is 19.6 Å². The Bertz CT molecular complexity index is 410. The lowest BCUT2D eigenvalue weighted by molar-refractivity contribution is -0.129. The van der Waals surface area contributed by atoms with Crippen molar-refractivity contribution >= 4 is 17.7 Å². The van der Waals surface area contributed by atoms with Gasteiger partial charge in [-0.3, -0.25) is 4.79 Å². The second-order valence-electron chi connectivity index (χ2n) is 5.00. The van der Waals surface area contributed by atoms with Gasteiger partial charge in [-0.2, -0.15) is 0 Å². The minimum Gasteiger partial charge on any atom is -0.341 e. The molecule has 0 spiro atoms. The van der Waals surface area contributed by atoms with Crippen LogP contribution in [0.3, 0.4) is 0 Å². The first-order valence-corrected chi connectivity index (χ1v) is 7.83. The zero-order valence-electron chi connectivity index (χ0n) is 11.4. The van der Waals surface area contributed by atoms with E-state index in [0.717, 1.165) is 30.8 Å². The number of benzene rings is 1. The van der Waals surface area contributed by atoms with Gasteiger partial charge < -0.3 is 10.6 Å². The van der Waals surface area contributed by atoms with Crippen molar-refractivity contribution in [1.29, 1.82) is 0 Å². The summed E-state index contributed by atoms with van der Waals surface area (Å²) in [6.07, 6.45) is 1.91. The molecule has 2 atom stereocenters. The van der Waals surface area contributed by atoms with Gasteiger partial charge in [-0.15, -0.1) is 11.8 Å². The largest absolute Gasteiger partial charge is 0.341 e. The third-order valence-corrected chi connectivity index (χ3v) is 4.96. The van der Waals surface area contributed by atoms with Crippen LogP contribution in [-0.4, -0.2) is 35.7 Å². The Labute approximate surface area is 119 Å². The molecule has 104 valence electrons. The Hall–Kier alpha value is -1.00. The van der Waals surface area contributed by atoms with Gasteiger partial charge in [0.2, 0.25) is 5.91 Å². The van der Waals surface area contributed by atoms with Crippen LogP contribution in [0.1, 0.15) is 19.8 Å². The predicted octanol–water partition coefficient (Wildman–Crippen LogP) is 2.36. The standard InChI is InChI=1S/C15H22N2OS/c1-2-14(19-13-6-4-3-5-7-13)15(18)17-9-8-12(10-16)11-17/h3-7,12,14H,2,8-11,16H2,1H3. The van der Waals surface area contributed by atoms with Gasteiger partial charge in [0.1, 0.15) is 0 Å². The van der Waals surface area contributed by atoms with Crippen molar-refractivity contribution in [1.82, 2.24) is 4.90 Å². The first-order chi connectivity index (χ1) is 9.24. The molecular formula is C15H22N2OS. The van der Waals surface area contributed by atoms with Gasteiger partial charge in [0.15, 0.2) is 0 Å². The van der Waals surface area contributed by atoms with Crippen molar-refractivity contribution in [2.45, 2.75) is 29.9 Å². The van der Waals surface area contributed by atoms with Crippen LogP contribution in [0.5, 0.6) is 0 Å². The molecule has 1 heterocycles. The highest BCUT2D eigenvalue weighted by Crippen LogP contribution is 2.28. The molecule has 3 nitrogen and oxygen atoms in total. The van der Waals surface area contributed by atoms with Crippen LogP contribution in [0.4, 0.5) is 0 Å². The van der Waals surface area contributed by atoms with E-state index in [4.69, 9.17) is 5.73 Å². The van der Waals surface area contributed by atoms with E-state index in [0.29, 0.717) is 12.5 Å². The molecule has 1 aromatic rings. The molecule has 0 bridgehead atoms. The lowest BCUT2D eigenvalue weighted by atomic mass is 10.1. The van der Waals surface area contributed by atoms with E-state index in [1.54, 1.807) is 11.8 Å². The highest BCUT2D eigenvalue weighted by molar-refractivity contribution is 8.00. The van der Waals surface area contributed by atoms with Gasteiger partial charge in [0.25, 0.3) is 0 Å². The van der Waals surface area contributed by atoms with E-state index >= 15 is 0 Å². The summed E-state index contributed by atoms with van der Waals surface area (Å²) < 4.78 is 0. The monoisotopic (exact) mass is 278 g/mol. The van der Waals surface area contributed by atoms with E-state index in [-0.39, 0.29) is 11.2 Å². The molecule has 1 aliphatic heterocycles. The molecule has 0 radical (unpaired) electrons. The molecular weight excluding hydrogens is 256 g/mol. The molecule has 2 rings (SSSR count). The fourth-order valence-electron chi connectivity index (χ4n) is 2.40. The predicted molar refractivity (Wildman–Crippen MR) is 80.1 cm³/mol. The molecule has 0 aliphatic carbocycles. The summed E-state index contributed by atoms with van der Waals surface area (Å²) in [5.74, 6) is 0.760. The van der Waals surface area contributed by atoms with Crippen molar-refractivity contribution in [3.8, 4) is 0 Å². The Balaban J connectivity index is 1.96. The number of rotatable bonds is 5. The van der Waals surface area contributed by atoms with Gasteiger partial charge in [-0.05, 0) is 37.4 Å². The Morgan fingerprint density at radius 2 is 2.21 bits per heavy atom. The summed E-state index contributed by atoms with van der Waals surface area (Å²) in [4.78, 5) is 15.7. The zero-order chi connectivity index (χ0) is 13.7. The van der Waals surface area contributed by atoms with E-state index < -0.39 is 0 Å². The molecule has 0 aromatic heterocycles. The Morgan fingerprint density at radius 3 is 2.79 bits per heavy atom. The number of hydrogen-bond donors (Lipinski definition) is 1. The molecule has 19 heavy (non-hydrogen) atoms. The maximum Gasteiger partial charge on any atom is 0.236 e. The molecule has 1 saturated heterocycles. The summed E-state index contributed by atoms with van der Waals surface area (Å²) in [5, 5.41) is 0.0268. The number of hydrogen-bond acceptors (Lipinski definition) is 3. The quantitative estimate of drug-likeness (QED) is 0.841. The molecule has 1 aromatic carbocycles. The smallest absolute Gasteiger partial charge is 0.236 e. The molecule has 2 unspecified atom stereocenters. The third kappa shape index (κ3) is 3.74. The van der Waals surface area contributed by atoms with Crippen LogP contribution in [0.2, 0.25) is 0 Å². The molecule has 1 aliphatic rings. The maximum absolute atomic E-state index is 12.5. The number of nitrogens with two attached hydrogens (primary N) is 1. The second kappa shape index (κ2) is 6.96. The second-order valence-corrected chi connectivity index (χ2v) is 6.28. The lowest BCUT2D eigenvalue weighted by Gasteiger charge is -2.22. The van der Waals surface area contributed by atoms with Crippen LogP contribution < -0.4 is 5.73 Å². The Kier molecular flexibility index (Phi) is 5.28. The van der Waals surface area contributed by atoms with E-state index in [1.807, 2.05) is 23.1 Å². The molecule has 4 heteroatoms. The highest BCUT2D eigenvalue weighted by Gasteiger charge is 2.29. The molecule has 1 amide bonds. The maximum atomic E-state index is 12.5. The molecule has 0 saturated carbocycles. The minimum atomic E-state index is 0.0268. The summed E-state index contributed by atoms with van der Waals surface area (Å²) in [5.41, 5.74) is 5.69. The highest BCUT2D eigenvalue weighted by atomic mass is 32.2. The number of thioether (sulfide) groups is 1. The fraction of sp³-hybridized carbons (Fsp3) is 0.533. The van der Waals surface area contributed by atoms with Crippen LogP contribution in [0, 0.1) is 5.92 Å². The van der Waals surface area contributed by atoms with E-state index in [1.165, 1.54) is 0 Å². The van der Waals surface area contributed by atoms with Gasteiger partial charge >= 0.3 is 0 Å². The number of carbonyl (C=O) groups excluding carboxylic acids is 1. The zero-order valence-corrected chi connectivity index (χ0v) is 12.2. The topological polar surface area (TPSA) is 46.3 Å². The summed E-state index contributed by atoms with van der Waals surface area (Å²) in [6, 6.07) is 10.2. The molecule has 1 fully saturated rings. The van der Waals surface area contributed by atoms with Crippen LogP contribution in [-0.2, 0) is 4.79 Å². The van der Waals surface area contributed by atoms with Gasteiger partial charge in [0.05, 0.1) is 5.25 Å². The van der Waals surface area contributed by atoms with Crippen molar-refractivity contribution < 1.29 is 4.79 Å². The van der Waals surface area contributed by atoms with Gasteiger partial charge in [0, 0.05) is 18.0 Å². The van der Waals surface area contributed by atoms with Crippen molar-refractivity contribution in [2.24, 2.45) is 11.7 Å². The van der Waals surface area contributed by atoms with Gasteiger partial charge in [-0.25, -0.2) is 0 Å². The summed E-state index contributed by atoms with van der Waals surface area (Å²) >= 11 is 1.67. The van der Waals surface area contributed by atoms with Crippen LogP contribution in [0.25, 0.3) is 0 Å². The minimum absolute atomic E-state index is 0.0268. The number of carbonyl (C=O) groups is 1. The lowest BCUT2D eigenvalue weighted by Crippen LogP contribution is -2.36. The van der Waals surface area contributed by atoms with Crippen LogP contribution >= 0.6 is 11.8 Å². The van der Waals surface area contributed by atoms with Crippen molar-refractivity contribution in [3.05, 3.63) is 30.3 Å². The van der Waals surface area contributed by atoms with Crippen molar-refractivity contribution in [3.63, 3.8) is 0 Å². The van der Waals surface area contributed by atoms with Gasteiger partial charge in [-0.1, -0.05) is 25.1 Å². The average molecular weight is 278 g/mol. The normalized spacial score (nSPS) is 20.5. The number of likely N-dealkylation sites (tertiary alicyclic amines) is 1.